The highest BCUT2D eigenvalue weighted by molar-refractivity contribution is 5.67. The summed E-state index contributed by atoms with van der Waals surface area (Å²) in [4.78, 5) is 4.58. The zero-order valence-corrected chi connectivity index (χ0v) is 12.7. The van der Waals surface area contributed by atoms with Crippen LogP contribution in [0.25, 0.3) is 28.0 Å². The van der Waals surface area contributed by atoms with Gasteiger partial charge in [0.2, 0.25) is 0 Å². The number of hydrogen-bond donors (Lipinski definition) is 0. The van der Waals surface area contributed by atoms with E-state index in [1.54, 1.807) is 13.0 Å². The van der Waals surface area contributed by atoms with Gasteiger partial charge in [-0.1, -0.05) is 42.5 Å². The fourth-order valence-corrected chi connectivity index (χ4v) is 2.68. The maximum atomic E-state index is 13.8. The van der Waals surface area contributed by atoms with E-state index in [4.69, 9.17) is 0 Å². The quantitative estimate of drug-likeness (QED) is 0.502. The molecule has 0 amide bonds. The molecule has 0 atom stereocenters. The summed E-state index contributed by atoms with van der Waals surface area (Å²) >= 11 is 0. The largest absolute Gasteiger partial charge is 0.306 e. The number of fused-ring (bicyclic) bond motifs is 1. The van der Waals surface area contributed by atoms with E-state index in [9.17, 15) is 4.39 Å². The molecule has 2 aromatic carbocycles. The van der Waals surface area contributed by atoms with Gasteiger partial charge < -0.3 is 4.40 Å². The number of imidazole rings is 1. The molecule has 0 aliphatic rings. The Morgan fingerprint density at radius 2 is 1.61 bits per heavy atom. The number of rotatable bonds is 2. The molecular formula is C20H15FN2. The first-order chi connectivity index (χ1) is 11.2. The van der Waals surface area contributed by atoms with E-state index in [-0.39, 0.29) is 5.82 Å². The van der Waals surface area contributed by atoms with Gasteiger partial charge in [-0.05, 0) is 41.8 Å². The Labute approximate surface area is 133 Å². The zero-order chi connectivity index (χ0) is 15.8. The van der Waals surface area contributed by atoms with Crippen LogP contribution in [-0.2, 0) is 0 Å². The van der Waals surface area contributed by atoms with Crippen LogP contribution < -0.4 is 0 Å². The van der Waals surface area contributed by atoms with Crippen LogP contribution >= 0.6 is 0 Å². The second kappa shape index (κ2) is 5.36. The third-order valence-electron chi connectivity index (χ3n) is 4.03. The molecular weight excluding hydrogens is 287 g/mol. The van der Waals surface area contributed by atoms with E-state index in [2.05, 4.69) is 23.2 Å². The Balaban J connectivity index is 1.80. The third-order valence-corrected chi connectivity index (χ3v) is 4.03. The first kappa shape index (κ1) is 13.7. The lowest BCUT2D eigenvalue weighted by molar-refractivity contribution is 0.619. The highest BCUT2D eigenvalue weighted by Crippen LogP contribution is 2.24. The number of aryl methyl sites for hydroxylation is 1. The molecule has 23 heavy (non-hydrogen) atoms. The van der Waals surface area contributed by atoms with Gasteiger partial charge in [0, 0.05) is 18.0 Å². The number of hydrogen-bond acceptors (Lipinski definition) is 1. The van der Waals surface area contributed by atoms with E-state index in [0.717, 1.165) is 28.0 Å². The average Bonchev–Trinajstić information content (AvgIpc) is 3.01. The molecule has 0 fully saturated rings. The van der Waals surface area contributed by atoms with Crippen molar-refractivity contribution in [3.8, 4) is 22.4 Å². The summed E-state index contributed by atoms with van der Waals surface area (Å²) in [6.45, 7) is 1.76. The Kier molecular flexibility index (Phi) is 3.19. The van der Waals surface area contributed by atoms with E-state index in [1.165, 1.54) is 6.07 Å². The van der Waals surface area contributed by atoms with E-state index < -0.39 is 0 Å². The molecule has 2 heterocycles. The fourth-order valence-electron chi connectivity index (χ4n) is 2.68. The molecule has 2 aromatic heterocycles. The van der Waals surface area contributed by atoms with Gasteiger partial charge in [0.1, 0.15) is 11.5 Å². The summed E-state index contributed by atoms with van der Waals surface area (Å²) in [5.74, 6) is -0.204. The molecule has 0 aliphatic heterocycles. The maximum Gasteiger partial charge on any atom is 0.137 e. The van der Waals surface area contributed by atoms with Crippen LogP contribution in [0.3, 0.4) is 0 Å². The van der Waals surface area contributed by atoms with Crippen molar-refractivity contribution in [3.63, 3.8) is 0 Å². The second-order valence-electron chi connectivity index (χ2n) is 5.64. The smallest absolute Gasteiger partial charge is 0.137 e. The molecule has 0 aliphatic carbocycles. The molecule has 0 N–H and O–H groups in total. The van der Waals surface area contributed by atoms with E-state index >= 15 is 0 Å². The predicted molar refractivity (Wildman–Crippen MR) is 90.8 cm³/mol. The third kappa shape index (κ3) is 2.50. The van der Waals surface area contributed by atoms with Gasteiger partial charge in [0.15, 0.2) is 0 Å². The summed E-state index contributed by atoms with van der Waals surface area (Å²) in [7, 11) is 0. The van der Waals surface area contributed by atoms with Crippen molar-refractivity contribution in [2.75, 3.05) is 0 Å². The van der Waals surface area contributed by atoms with E-state index in [0.29, 0.717) is 5.56 Å². The SMILES string of the molecule is Cc1ccc(-c2cn3cc(-c4ccccc4)ccc3n2)cc1F. The zero-order valence-electron chi connectivity index (χ0n) is 12.7. The highest BCUT2D eigenvalue weighted by Gasteiger charge is 2.07. The lowest BCUT2D eigenvalue weighted by Gasteiger charge is -2.01. The molecule has 4 rings (SSSR count). The summed E-state index contributed by atoms with van der Waals surface area (Å²) in [5, 5.41) is 0. The van der Waals surface area contributed by atoms with Crippen LogP contribution in [0.5, 0.6) is 0 Å². The van der Waals surface area contributed by atoms with Crippen LogP contribution in [-0.4, -0.2) is 9.38 Å². The van der Waals surface area contributed by atoms with Crippen molar-refractivity contribution < 1.29 is 4.39 Å². The topological polar surface area (TPSA) is 17.3 Å². The number of halogens is 1. The number of nitrogens with zero attached hydrogens (tertiary/aromatic N) is 2. The van der Waals surface area contributed by atoms with Crippen molar-refractivity contribution in [3.05, 3.63) is 84.4 Å². The van der Waals surface area contributed by atoms with Crippen molar-refractivity contribution in [1.82, 2.24) is 9.38 Å². The fraction of sp³-hybridized carbons (Fsp3) is 0.0500. The Bertz CT molecular complexity index is 987. The molecule has 0 saturated carbocycles. The number of benzene rings is 2. The standard InChI is InChI=1S/C20H15FN2/c1-14-7-8-16(11-18(14)21)19-13-23-12-17(9-10-20(23)22-19)15-5-3-2-4-6-15/h2-13H,1H3. The van der Waals surface area contributed by atoms with Gasteiger partial charge in [0.05, 0.1) is 5.69 Å². The normalized spacial score (nSPS) is 11.0. The molecule has 2 nitrogen and oxygen atoms in total. The van der Waals surface area contributed by atoms with Gasteiger partial charge in [-0.25, -0.2) is 9.37 Å². The molecule has 0 bridgehead atoms. The Hall–Kier alpha value is -2.94. The van der Waals surface area contributed by atoms with E-state index in [1.807, 2.05) is 47.1 Å². The maximum absolute atomic E-state index is 13.8. The number of pyridine rings is 1. The summed E-state index contributed by atoms with van der Waals surface area (Å²) in [6.07, 6.45) is 3.98. The van der Waals surface area contributed by atoms with Crippen molar-refractivity contribution in [1.29, 1.82) is 0 Å². The first-order valence-electron chi connectivity index (χ1n) is 7.51. The van der Waals surface area contributed by atoms with Crippen LogP contribution in [0.1, 0.15) is 5.56 Å². The molecule has 0 saturated heterocycles. The number of aromatic nitrogens is 2. The minimum atomic E-state index is -0.204. The minimum Gasteiger partial charge on any atom is -0.306 e. The monoisotopic (exact) mass is 302 g/mol. The molecule has 112 valence electrons. The highest BCUT2D eigenvalue weighted by atomic mass is 19.1. The second-order valence-corrected chi connectivity index (χ2v) is 5.64. The van der Waals surface area contributed by atoms with Gasteiger partial charge in [0.25, 0.3) is 0 Å². The Morgan fingerprint density at radius 1 is 0.826 bits per heavy atom. The predicted octanol–water partition coefficient (Wildman–Crippen LogP) is 5.12. The minimum absolute atomic E-state index is 0.204. The molecule has 0 spiro atoms. The van der Waals surface area contributed by atoms with Gasteiger partial charge in [-0.3, -0.25) is 0 Å². The van der Waals surface area contributed by atoms with Gasteiger partial charge >= 0.3 is 0 Å². The molecule has 0 radical (unpaired) electrons. The van der Waals surface area contributed by atoms with Gasteiger partial charge in [-0.2, -0.15) is 0 Å². The van der Waals surface area contributed by atoms with Crippen LogP contribution in [0.15, 0.2) is 73.1 Å². The first-order valence-corrected chi connectivity index (χ1v) is 7.51. The van der Waals surface area contributed by atoms with Gasteiger partial charge in [-0.15, -0.1) is 0 Å². The van der Waals surface area contributed by atoms with Crippen molar-refractivity contribution >= 4 is 5.65 Å². The van der Waals surface area contributed by atoms with Crippen molar-refractivity contribution in [2.45, 2.75) is 6.92 Å². The lowest BCUT2D eigenvalue weighted by Crippen LogP contribution is -1.84. The summed E-state index contributed by atoms with van der Waals surface area (Å²) < 4.78 is 15.8. The molecule has 4 aromatic rings. The summed E-state index contributed by atoms with van der Waals surface area (Å²) in [5.41, 5.74) is 5.33. The average molecular weight is 302 g/mol. The summed E-state index contributed by atoms with van der Waals surface area (Å²) in [6, 6.07) is 19.5. The van der Waals surface area contributed by atoms with Crippen LogP contribution in [0.2, 0.25) is 0 Å². The van der Waals surface area contributed by atoms with Crippen LogP contribution in [0.4, 0.5) is 4.39 Å². The lowest BCUT2D eigenvalue weighted by atomic mass is 10.1. The Morgan fingerprint density at radius 3 is 2.39 bits per heavy atom. The molecule has 3 heteroatoms. The molecule has 0 unspecified atom stereocenters. The van der Waals surface area contributed by atoms with Crippen LogP contribution in [0, 0.1) is 12.7 Å². The van der Waals surface area contributed by atoms with Crippen molar-refractivity contribution in [2.24, 2.45) is 0 Å².